The summed E-state index contributed by atoms with van der Waals surface area (Å²) in [4.78, 5) is 10.3. The van der Waals surface area contributed by atoms with Gasteiger partial charge in [0.2, 0.25) is 0 Å². The van der Waals surface area contributed by atoms with E-state index >= 15 is 0 Å². The lowest BCUT2D eigenvalue weighted by molar-refractivity contribution is 0.864. The molecule has 0 bridgehead atoms. The van der Waals surface area contributed by atoms with Gasteiger partial charge in [-0.3, -0.25) is 9.56 Å². The third-order valence-electron chi connectivity index (χ3n) is 8.50. The molecule has 208 valence electrons. The van der Waals surface area contributed by atoms with Gasteiger partial charge in [-0.25, -0.2) is 0 Å². The van der Waals surface area contributed by atoms with Crippen molar-refractivity contribution in [2.24, 2.45) is 9.98 Å². The van der Waals surface area contributed by atoms with Gasteiger partial charge in [-0.2, -0.15) is 0 Å². The van der Waals surface area contributed by atoms with Crippen molar-refractivity contribution in [3.63, 3.8) is 0 Å². The summed E-state index contributed by atoms with van der Waals surface area (Å²) in [5.41, 5.74) is 7.62. The number of aliphatic imine (C=N–C) groups is 2. The van der Waals surface area contributed by atoms with E-state index in [1.807, 2.05) is 36.4 Å². The number of benzene rings is 6. The number of hydrogen-bond acceptors (Lipinski definition) is 2. The SMILES string of the molecule is c1ccc(C2=NC(n3c4ccccc4c4cc5c(cc43)c3ccccc3n5-c3ccccc3)=NC(c3ccccc3)[N-]2)cc1. The zero-order valence-electron chi connectivity index (χ0n) is 23.7. The van der Waals surface area contributed by atoms with Crippen LogP contribution in [0.25, 0.3) is 54.6 Å². The van der Waals surface area contributed by atoms with Crippen LogP contribution in [0.2, 0.25) is 0 Å². The van der Waals surface area contributed by atoms with Crippen molar-refractivity contribution in [2.45, 2.75) is 6.17 Å². The van der Waals surface area contributed by atoms with Crippen LogP contribution in [-0.4, -0.2) is 20.9 Å². The largest absolute Gasteiger partial charge is 0.438 e. The number of para-hydroxylation sites is 3. The van der Waals surface area contributed by atoms with Crippen LogP contribution in [0.4, 0.5) is 0 Å². The number of hydrogen-bond donors (Lipinski definition) is 0. The minimum absolute atomic E-state index is 0.404. The average molecular weight is 565 g/mol. The van der Waals surface area contributed by atoms with Gasteiger partial charge in [0.25, 0.3) is 0 Å². The van der Waals surface area contributed by atoms with Crippen molar-refractivity contribution in [1.29, 1.82) is 0 Å². The Morgan fingerprint density at radius 3 is 1.66 bits per heavy atom. The third kappa shape index (κ3) is 3.80. The van der Waals surface area contributed by atoms with Gasteiger partial charge in [-0.1, -0.05) is 121 Å². The van der Waals surface area contributed by atoms with E-state index in [0.29, 0.717) is 11.8 Å². The summed E-state index contributed by atoms with van der Waals surface area (Å²) >= 11 is 0. The Morgan fingerprint density at radius 1 is 0.477 bits per heavy atom. The monoisotopic (exact) mass is 564 g/mol. The van der Waals surface area contributed by atoms with Crippen LogP contribution in [0.1, 0.15) is 17.3 Å². The smallest absolute Gasteiger partial charge is 0.123 e. The first-order valence-electron chi connectivity index (χ1n) is 14.8. The highest BCUT2D eigenvalue weighted by Crippen LogP contribution is 2.39. The molecule has 1 aliphatic rings. The van der Waals surface area contributed by atoms with Gasteiger partial charge in [0.1, 0.15) is 5.96 Å². The molecule has 0 saturated carbocycles. The highest BCUT2D eigenvalue weighted by Gasteiger charge is 2.20. The zero-order chi connectivity index (χ0) is 29.0. The van der Waals surface area contributed by atoms with Crippen LogP contribution in [0.15, 0.2) is 162 Å². The van der Waals surface area contributed by atoms with Gasteiger partial charge in [-0.05, 0) is 47.5 Å². The van der Waals surface area contributed by atoms with Crippen LogP contribution in [0, 0.1) is 0 Å². The zero-order valence-corrected chi connectivity index (χ0v) is 23.7. The lowest BCUT2D eigenvalue weighted by atomic mass is 10.1. The fourth-order valence-corrected chi connectivity index (χ4v) is 6.52. The van der Waals surface area contributed by atoms with Crippen LogP contribution in [-0.2, 0) is 0 Å². The maximum atomic E-state index is 5.19. The number of aromatic nitrogens is 2. The van der Waals surface area contributed by atoms with E-state index < -0.39 is 6.17 Å². The Morgan fingerprint density at radius 2 is 1.00 bits per heavy atom. The fourth-order valence-electron chi connectivity index (χ4n) is 6.52. The molecule has 0 amide bonds. The van der Waals surface area contributed by atoms with Crippen molar-refractivity contribution in [3.05, 3.63) is 168 Å². The predicted octanol–water partition coefficient (Wildman–Crippen LogP) is 9.63. The van der Waals surface area contributed by atoms with Crippen molar-refractivity contribution in [1.82, 2.24) is 9.13 Å². The number of amidine groups is 1. The van der Waals surface area contributed by atoms with E-state index in [9.17, 15) is 0 Å². The van der Waals surface area contributed by atoms with Gasteiger partial charge >= 0.3 is 0 Å². The lowest BCUT2D eigenvalue weighted by Crippen LogP contribution is -2.20. The fraction of sp³-hybridized carbons (Fsp3) is 0.0256. The van der Waals surface area contributed by atoms with Crippen molar-refractivity contribution in [2.75, 3.05) is 0 Å². The molecule has 3 heterocycles. The molecule has 2 aromatic heterocycles. The summed E-state index contributed by atoms with van der Waals surface area (Å²) in [5, 5.41) is 9.73. The molecule has 1 aliphatic heterocycles. The molecule has 8 aromatic rings. The number of nitrogens with zero attached hydrogens (tertiary/aromatic N) is 5. The van der Waals surface area contributed by atoms with Crippen molar-refractivity contribution >= 4 is 55.4 Å². The van der Waals surface area contributed by atoms with Crippen molar-refractivity contribution in [3.8, 4) is 5.69 Å². The molecular formula is C39H26N5-. The summed E-state index contributed by atoms with van der Waals surface area (Å²) in [7, 11) is 0. The van der Waals surface area contributed by atoms with Gasteiger partial charge < -0.3 is 14.9 Å². The van der Waals surface area contributed by atoms with E-state index in [1.54, 1.807) is 0 Å². The average Bonchev–Trinajstić information content (AvgIpc) is 3.60. The predicted molar refractivity (Wildman–Crippen MR) is 182 cm³/mol. The second kappa shape index (κ2) is 9.82. The standard InChI is InChI=1S/C39H26N5/c1-4-14-26(15-5-1)37-40-38(27-16-6-2-7-17-27)42-39(41-37)44-34-23-13-11-21-30(34)32-24-35-31(25-36(32)44)29-20-10-12-22-33(29)43(35)28-18-8-3-9-19-28/h1-25,37H/q-1. The summed E-state index contributed by atoms with van der Waals surface area (Å²) in [6.07, 6.45) is -0.404. The first-order chi connectivity index (χ1) is 21.8. The van der Waals surface area contributed by atoms with E-state index in [1.165, 1.54) is 21.8 Å². The molecule has 0 aliphatic carbocycles. The van der Waals surface area contributed by atoms with E-state index in [0.717, 1.165) is 38.6 Å². The molecule has 0 fully saturated rings. The molecule has 0 N–H and O–H groups in total. The van der Waals surface area contributed by atoms with Gasteiger partial charge in [0.15, 0.2) is 0 Å². The van der Waals surface area contributed by atoms with Crippen LogP contribution in [0.3, 0.4) is 0 Å². The quantitative estimate of drug-likeness (QED) is 0.205. The van der Waals surface area contributed by atoms with Gasteiger partial charge in [0.05, 0.1) is 28.2 Å². The molecule has 5 nitrogen and oxygen atoms in total. The summed E-state index contributed by atoms with van der Waals surface area (Å²) in [5.74, 6) is 1.31. The molecule has 0 spiro atoms. The molecule has 1 atom stereocenters. The topological polar surface area (TPSA) is 48.7 Å². The van der Waals surface area contributed by atoms with E-state index in [2.05, 4.69) is 124 Å². The number of fused-ring (bicyclic) bond motifs is 6. The maximum absolute atomic E-state index is 5.19. The third-order valence-corrected chi connectivity index (χ3v) is 8.50. The molecule has 9 rings (SSSR count). The second-order valence-corrected chi connectivity index (χ2v) is 11.1. The normalized spacial score (nSPS) is 15.0. The number of rotatable bonds is 3. The highest BCUT2D eigenvalue weighted by molar-refractivity contribution is 6.23. The molecule has 6 aromatic carbocycles. The molecule has 0 saturated heterocycles. The maximum Gasteiger partial charge on any atom is 0.123 e. The van der Waals surface area contributed by atoms with Gasteiger partial charge in [0, 0.05) is 27.2 Å². The Balaban J connectivity index is 1.36. The Kier molecular flexibility index (Phi) is 5.50. The molecule has 0 radical (unpaired) electrons. The summed E-state index contributed by atoms with van der Waals surface area (Å²) in [6.45, 7) is 0. The van der Waals surface area contributed by atoms with E-state index in [-0.39, 0.29) is 0 Å². The van der Waals surface area contributed by atoms with Crippen molar-refractivity contribution < 1.29 is 0 Å². The van der Waals surface area contributed by atoms with Crippen LogP contribution >= 0.6 is 0 Å². The molecule has 5 heteroatoms. The summed E-state index contributed by atoms with van der Waals surface area (Å²) in [6, 6.07) is 52.9. The molecule has 44 heavy (non-hydrogen) atoms. The van der Waals surface area contributed by atoms with Crippen LogP contribution in [0.5, 0.6) is 0 Å². The van der Waals surface area contributed by atoms with E-state index in [4.69, 9.17) is 15.3 Å². The first-order valence-corrected chi connectivity index (χ1v) is 14.8. The van der Waals surface area contributed by atoms with Crippen LogP contribution < -0.4 is 0 Å². The minimum atomic E-state index is -0.404. The Labute approximate surface area is 254 Å². The molecular weight excluding hydrogens is 538 g/mol. The Hall–Kier alpha value is -5.94. The molecule has 1 unspecified atom stereocenters. The minimum Gasteiger partial charge on any atom is -0.438 e. The lowest BCUT2D eigenvalue weighted by Gasteiger charge is -2.32. The second-order valence-electron chi connectivity index (χ2n) is 11.1. The highest BCUT2D eigenvalue weighted by atomic mass is 15.3. The Bertz CT molecular complexity index is 2400. The first kappa shape index (κ1) is 24.6. The van der Waals surface area contributed by atoms with Gasteiger partial charge in [-0.15, -0.1) is 0 Å². The summed E-state index contributed by atoms with van der Waals surface area (Å²) < 4.78 is 4.58.